The summed E-state index contributed by atoms with van der Waals surface area (Å²) in [6.07, 6.45) is 0.575. The number of hydrogen-bond donors (Lipinski definition) is 3. The highest BCUT2D eigenvalue weighted by atomic mass is 35.5. The zero-order chi connectivity index (χ0) is 12.8. The van der Waals surface area contributed by atoms with Crippen molar-refractivity contribution in [3.63, 3.8) is 0 Å². The van der Waals surface area contributed by atoms with Crippen LogP contribution in [-0.4, -0.2) is 35.4 Å². The minimum absolute atomic E-state index is 0.0952. The first-order valence-corrected chi connectivity index (χ1v) is 5.19. The standard InChI is InChI=1S/C9H12ClN5O2/c1-5-14-7(10)6(4-16)8(15-5)12-2-3-13-9(11)17/h4H,2-3H2,1H3,(H3,11,13,17)(H,12,14,15). The number of urea groups is 1. The van der Waals surface area contributed by atoms with Gasteiger partial charge in [-0.05, 0) is 6.92 Å². The maximum Gasteiger partial charge on any atom is 0.312 e. The Morgan fingerprint density at radius 1 is 1.47 bits per heavy atom. The Morgan fingerprint density at radius 2 is 2.18 bits per heavy atom. The molecule has 2 amide bonds. The Bertz CT molecular complexity index is 438. The number of aromatic nitrogens is 2. The molecule has 0 saturated carbocycles. The smallest absolute Gasteiger partial charge is 0.312 e. The molecular weight excluding hydrogens is 246 g/mol. The molecule has 1 aromatic heterocycles. The average Bonchev–Trinajstić information content (AvgIpc) is 2.23. The summed E-state index contributed by atoms with van der Waals surface area (Å²) in [5.41, 5.74) is 5.09. The summed E-state index contributed by atoms with van der Waals surface area (Å²) in [7, 11) is 0. The van der Waals surface area contributed by atoms with Crippen LogP contribution in [0, 0.1) is 6.92 Å². The zero-order valence-electron chi connectivity index (χ0n) is 9.16. The van der Waals surface area contributed by atoms with Crippen molar-refractivity contribution >= 4 is 29.7 Å². The van der Waals surface area contributed by atoms with Crippen LogP contribution in [0.25, 0.3) is 0 Å². The van der Waals surface area contributed by atoms with Gasteiger partial charge in [0.2, 0.25) is 0 Å². The summed E-state index contributed by atoms with van der Waals surface area (Å²) in [6.45, 7) is 2.35. The first-order chi connectivity index (χ1) is 8.04. The molecule has 8 heteroatoms. The molecule has 4 N–H and O–H groups in total. The third kappa shape index (κ3) is 3.87. The molecule has 7 nitrogen and oxygen atoms in total. The van der Waals surface area contributed by atoms with Gasteiger partial charge in [0.05, 0.1) is 5.56 Å². The highest BCUT2D eigenvalue weighted by Crippen LogP contribution is 2.18. The monoisotopic (exact) mass is 257 g/mol. The van der Waals surface area contributed by atoms with Gasteiger partial charge in [-0.1, -0.05) is 11.6 Å². The fourth-order valence-corrected chi connectivity index (χ4v) is 1.41. The molecule has 0 spiro atoms. The van der Waals surface area contributed by atoms with Gasteiger partial charge in [-0.3, -0.25) is 4.79 Å². The maximum atomic E-state index is 10.8. The predicted molar refractivity (Wildman–Crippen MR) is 63.2 cm³/mol. The topological polar surface area (TPSA) is 110 Å². The lowest BCUT2D eigenvalue weighted by Crippen LogP contribution is -2.33. The number of rotatable bonds is 5. The molecular formula is C9H12ClN5O2. The number of nitrogens with one attached hydrogen (secondary N) is 2. The Hall–Kier alpha value is -1.89. The van der Waals surface area contributed by atoms with Crippen LogP contribution in [0.5, 0.6) is 0 Å². The molecule has 0 saturated heterocycles. The molecule has 92 valence electrons. The largest absolute Gasteiger partial charge is 0.368 e. The molecule has 1 rings (SSSR count). The van der Waals surface area contributed by atoms with Crippen molar-refractivity contribution in [1.82, 2.24) is 15.3 Å². The summed E-state index contributed by atoms with van der Waals surface area (Å²) in [5, 5.41) is 5.35. The molecule has 17 heavy (non-hydrogen) atoms. The number of halogens is 1. The molecule has 0 unspecified atom stereocenters. The van der Waals surface area contributed by atoms with E-state index in [0.29, 0.717) is 31.0 Å². The van der Waals surface area contributed by atoms with Gasteiger partial charge >= 0.3 is 6.03 Å². The summed E-state index contributed by atoms with van der Waals surface area (Å²) >= 11 is 5.79. The average molecular weight is 258 g/mol. The first-order valence-electron chi connectivity index (χ1n) is 4.81. The zero-order valence-corrected chi connectivity index (χ0v) is 9.91. The van der Waals surface area contributed by atoms with Gasteiger partial charge in [0.15, 0.2) is 6.29 Å². The second kappa shape index (κ2) is 6.00. The van der Waals surface area contributed by atoms with Crippen LogP contribution >= 0.6 is 11.6 Å². The molecule has 0 atom stereocenters. The Balaban J connectivity index is 2.69. The maximum absolute atomic E-state index is 10.8. The first kappa shape index (κ1) is 13.2. The van der Waals surface area contributed by atoms with E-state index in [4.69, 9.17) is 17.3 Å². The highest BCUT2D eigenvalue weighted by Gasteiger charge is 2.10. The van der Waals surface area contributed by atoms with Crippen LogP contribution in [-0.2, 0) is 0 Å². The summed E-state index contributed by atoms with van der Waals surface area (Å²) in [5.74, 6) is 0.787. The second-order valence-electron chi connectivity index (χ2n) is 3.16. The number of amides is 2. The van der Waals surface area contributed by atoms with Gasteiger partial charge < -0.3 is 16.4 Å². The van der Waals surface area contributed by atoms with E-state index in [1.54, 1.807) is 6.92 Å². The molecule has 1 aromatic rings. The number of hydrogen-bond acceptors (Lipinski definition) is 5. The van der Waals surface area contributed by atoms with E-state index < -0.39 is 6.03 Å². The van der Waals surface area contributed by atoms with Crippen molar-refractivity contribution in [3.05, 3.63) is 16.5 Å². The predicted octanol–water partition coefficient (Wildman–Crippen LogP) is 0.331. The Labute approximate surface area is 103 Å². The molecule has 0 aromatic carbocycles. The second-order valence-corrected chi connectivity index (χ2v) is 3.52. The fourth-order valence-electron chi connectivity index (χ4n) is 1.15. The van der Waals surface area contributed by atoms with Crippen LogP contribution in [0.3, 0.4) is 0 Å². The summed E-state index contributed by atoms with van der Waals surface area (Å²) < 4.78 is 0. The number of nitrogens with zero attached hydrogens (tertiary/aromatic N) is 2. The molecule has 0 aliphatic rings. The minimum atomic E-state index is -0.612. The SMILES string of the molecule is Cc1nc(Cl)c(C=O)c(NCCNC(N)=O)n1. The van der Waals surface area contributed by atoms with Crippen molar-refractivity contribution in [2.24, 2.45) is 5.73 Å². The van der Waals surface area contributed by atoms with Crippen LogP contribution in [0.2, 0.25) is 5.15 Å². The van der Waals surface area contributed by atoms with E-state index in [2.05, 4.69) is 20.6 Å². The van der Waals surface area contributed by atoms with Crippen molar-refractivity contribution < 1.29 is 9.59 Å². The lowest BCUT2D eigenvalue weighted by Gasteiger charge is -2.09. The normalized spacial score (nSPS) is 9.76. The minimum Gasteiger partial charge on any atom is -0.368 e. The number of carbonyl (C=O) groups excluding carboxylic acids is 2. The van der Waals surface area contributed by atoms with Crippen LogP contribution in [0.1, 0.15) is 16.2 Å². The molecule has 0 radical (unpaired) electrons. The van der Waals surface area contributed by atoms with Crippen molar-refractivity contribution in [3.8, 4) is 0 Å². The lowest BCUT2D eigenvalue weighted by molar-refractivity contribution is 0.112. The van der Waals surface area contributed by atoms with Crippen molar-refractivity contribution in [2.75, 3.05) is 18.4 Å². The summed E-state index contributed by atoms with van der Waals surface area (Å²) in [4.78, 5) is 29.1. The van der Waals surface area contributed by atoms with E-state index in [1.165, 1.54) is 0 Å². The van der Waals surface area contributed by atoms with Gasteiger partial charge in [-0.2, -0.15) is 0 Å². The van der Waals surface area contributed by atoms with Crippen LogP contribution in [0.4, 0.5) is 10.6 Å². The van der Waals surface area contributed by atoms with Gasteiger partial charge in [0, 0.05) is 13.1 Å². The molecule has 0 bridgehead atoms. The fraction of sp³-hybridized carbons (Fsp3) is 0.333. The number of aryl methyl sites for hydroxylation is 1. The highest BCUT2D eigenvalue weighted by molar-refractivity contribution is 6.32. The Morgan fingerprint density at radius 3 is 2.76 bits per heavy atom. The number of nitrogens with two attached hydrogens (primary N) is 1. The van der Waals surface area contributed by atoms with E-state index >= 15 is 0 Å². The summed E-state index contributed by atoms with van der Waals surface area (Å²) in [6, 6.07) is -0.612. The molecule has 0 aliphatic heterocycles. The van der Waals surface area contributed by atoms with Crippen molar-refractivity contribution in [1.29, 1.82) is 0 Å². The Kier molecular flexibility index (Phi) is 4.65. The third-order valence-electron chi connectivity index (χ3n) is 1.85. The van der Waals surface area contributed by atoms with Crippen molar-refractivity contribution in [2.45, 2.75) is 6.92 Å². The quantitative estimate of drug-likeness (QED) is 0.400. The van der Waals surface area contributed by atoms with E-state index in [1.807, 2.05) is 0 Å². The van der Waals surface area contributed by atoms with E-state index in [-0.39, 0.29) is 10.7 Å². The number of carbonyl (C=O) groups is 2. The van der Waals surface area contributed by atoms with Gasteiger partial charge in [0.1, 0.15) is 16.8 Å². The van der Waals surface area contributed by atoms with E-state index in [9.17, 15) is 9.59 Å². The molecule has 0 aliphatic carbocycles. The van der Waals surface area contributed by atoms with Gasteiger partial charge in [-0.25, -0.2) is 14.8 Å². The lowest BCUT2D eigenvalue weighted by atomic mass is 10.3. The number of anilines is 1. The number of aldehydes is 1. The third-order valence-corrected chi connectivity index (χ3v) is 2.13. The van der Waals surface area contributed by atoms with Gasteiger partial charge in [-0.15, -0.1) is 0 Å². The van der Waals surface area contributed by atoms with Gasteiger partial charge in [0.25, 0.3) is 0 Å². The van der Waals surface area contributed by atoms with Crippen LogP contribution < -0.4 is 16.4 Å². The van der Waals surface area contributed by atoms with Crippen LogP contribution in [0.15, 0.2) is 0 Å². The number of primary amides is 1. The van der Waals surface area contributed by atoms with E-state index in [0.717, 1.165) is 0 Å². The molecule has 0 fully saturated rings. The molecule has 1 heterocycles.